The van der Waals surface area contributed by atoms with Crippen molar-refractivity contribution in [2.24, 2.45) is 0 Å². The van der Waals surface area contributed by atoms with Crippen molar-refractivity contribution in [3.05, 3.63) is 41.0 Å². The fraction of sp³-hybridized carbons (Fsp3) is 0.469. The molecule has 1 unspecified atom stereocenters. The number of thiophene rings is 1. The van der Waals surface area contributed by atoms with Gasteiger partial charge in [0.05, 0.1) is 21.4 Å². The van der Waals surface area contributed by atoms with Crippen LogP contribution in [0.2, 0.25) is 0 Å². The number of anilines is 2. The van der Waals surface area contributed by atoms with Gasteiger partial charge in [-0.1, -0.05) is 6.07 Å². The van der Waals surface area contributed by atoms with Gasteiger partial charge in [0.25, 0.3) is 0 Å². The highest BCUT2D eigenvalue weighted by Crippen LogP contribution is 2.48. The maximum atomic E-state index is 17.0. The summed E-state index contributed by atoms with van der Waals surface area (Å²) in [6, 6.07) is 4.08. The zero-order chi connectivity index (χ0) is 33.4. The molecule has 3 fully saturated rings. The molecule has 0 saturated carbocycles. The summed E-state index contributed by atoms with van der Waals surface area (Å²) in [7, 11) is 1.68. The monoisotopic (exact) mass is 675 g/mol. The predicted octanol–water partition coefficient (Wildman–Crippen LogP) is 6.40. The molecule has 0 radical (unpaired) electrons. The molecule has 4 aromatic rings. The van der Waals surface area contributed by atoms with Crippen molar-refractivity contribution in [3.8, 4) is 23.2 Å². The van der Waals surface area contributed by atoms with Crippen LogP contribution in [-0.2, 0) is 6.18 Å². The first kappa shape index (κ1) is 31.7. The number of ether oxygens (including phenoxy) is 1. The van der Waals surface area contributed by atoms with E-state index in [4.69, 9.17) is 10.5 Å². The number of hydrogen-bond acceptors (Lipinski definition) is 9. The number of rotatable bonds is 6. The van der Waals surface area contributed by atoms with Gasteiger partial charge < -0.3 is 20.7 Å². The molecule has 248 valence electrons. The lowest BCUT2D eigenvalue weighted by Crippen LogP contribution is -2.43. The molecule has 4 atom stereocenters. The first-order chi connectivity index (χ1) is 22.3. The Kier molecular flexibility index (Phi) is 7.68. The number of nitriles is 1. The third kappa shape index (κ3) is 5.12. The first-order valence-electron chi connectivity index (χ1n) is 15.3. The van der Waals surface area contributed by atoms with Crippen molar-refractivity contribution >= 4 is 43.1 Å². The number of benzene rings is 2. The fourth-order valence-corrected chi connectivity index (χ4v) is 8.65. The Morgan fingerprint density at radius 3 is 2.77 bits per heavy atom. The van der Waals surface area contributed by atoms with Crippen molar-refractivity contribution in [2.75, 3.05) is 43.9 Å². The normalized spacial score (nSPS) is 24.7. The number of alkyl halides is 4. The summed E-state index contributed by atoms with van der Waals surface area (Å²) in [5, 5.41) is 12.6. The van der Waals surface area contributed by atoms with Crippen LogP contribution in [0.5, 0.6) is 6.01 Å². The van der Waals surface area contributed by atoms with E-state index in [-0.39, 0.29) is 75.1 Å². The van der Waals surface area contributed by atoms with Gasteiger partial charge in [0, 0.05) is 48.4 Å². The van der Waals surface area contributed by atoms with E-state index in [9.17, 15) is 27.2 Å². The van der Waals surface area contributed by atoms with E-state index in [1.54, 1.807) is 11.9 Å². The van der Waals surface area contributed by atoms with Gasteiger partial charge in [-0.25, -0.2) is 13.2 Å². The summed E-state index contributed by atoms with van der Waals surface area (Å²) < 4.78 is 96.8. The molecule has 0 aliphatic carbocycles. The topological polar surface area (TPSA) is 103 Å². The average molecular weight is 676 g/mol. The molecule has 3 N–H and O–H groups in total. The molecule has 2 aromatic heterocycles. The maximum Gasteiger partial charge on any atom is 0.417 e. The molecule has 3 aliphatic rings. The zero-order valence-corrected chi connectivity index (χ0v) is 26.3. The number of nitrogens with one attached hydrogen (secondary N) is 1. The minimum Gasteiger partial charge on any atom is -0.461 e. The number of aromatic nitrogens is 2. The molecule has 0 amide bonds. The molecule has 15 heteroatoms. The standard InChI is InChI=1S/C32H31F6N7OS/c1-15-22(6-8-41-15)44(2)29-18-10-20(32(36,37)38)24(17-4-5-21(34)27-23(17)19(12-39)28(40)47-27)25(35)26(18)42-30(43-29)46-14-31-7-3-9-45(31)13-16(33)11-31/h4-5,10,15-16,22,41H,3,6-9,11,13-14,40H2,1-2H3/t15-,16-,22?,31+/m1/s1. The van der Waals surface area contributed by atoms with Crippen molar-refractivity contribution in [3.63, 3.8) is 0 Å². The van der Waals surface area contributed by atoms with Crippen LogP contribution < -0.4 is 20.7 Å². The van der Waals surface area contributed by atoms with Gasteiger partial charge >= 0.3 is 12.2 Å². The van der Waals surface area contributed by atoms with E-state index < -0.39 is 46.2 Å². The SMILES string of the molecule is C[C@H]1NCCC1N(C)c1nc(OC[C@@]23CCCN2C[C@H](F)C3)nc2c(F)c(-c3ccc(F)c4sc(N)c(C#N)c34)c(C(F)(F)F)cc12. The summed E-state index contributed by atoms with van der Waals surface area (Å²) in [4.78, 5) is 12.6. The third-order valence-corrected chi connectivity index (χ3v) is 11.0. The maximum absolute atomic E-state index is 17.0. The molecule has 47 heavy (non-hydrogen) atoms. The number of likely N-dealkylation sites (N-methyl/N-ethyl adjacent to an activating group) is 1. The lowest BCUT2D eigenvalue weighted by molar-refractivity contribution is -0.137. The van der Waals surface area contributed by atoms with Crippen molar-refractivity contribution < 1.29 is 31.1 Å². The largest absolute Gasteiger partial charge is 0.461 e. The van der Waals surface area contributed by atoms with Crippen LogP contribution >= 0.6 is 11.3 Å². The molecular formula is C32H31F6N7OS. The molecule has 8 nitrogen and oxygen atoms in total. The Morgan fingerprint density at radius 2 is 2.06 bits per heavy atom. The predicted molar refractivity (Wildman–Crippen MR) is 167 cm³/mol. The molecular weight excluding hydrogens is 644 g/mol. The number of halogens is 6. The highest BCUT2D eigenvalue weighted by atomic mass is 32.1. The van der Waals surface area contributed by atoms with E-state index in [0.717, 1.165) is 24.6 Å². The van der Waals surface area contributed by atoms with Crippen molar-refractivity contribution in [1.29, 1.82) is 5.26 Å². The van der Waals surface area contributed by atoms with Gasteiger partial charge in [-0.2, -0.15) is 28.4 Å². The Morgan fingerprint density at radius 1 is 1.28 bits per heavy atom. The molecule has 0 spiro atoms. The smallest absolute Gasteiger partial charge is 0.417 e. The summed E-state index contributed by atoms with van der Waals surface area (Å²) in [6.45, 7) is 3.63. The van der Waals surface area contributed by atoms with Crippen molar-refractivity contribution in [2.45, 2.75) is 62.6 Å². The van der Waals surface area contributed by atoms with Gasteiger partial charge in [-0.3, -0.25) is 4.90 Å². The first-order valence-corrected chi connectivity index (χ1v) is 16.1. The second-order valence-corrected chi connectivity index (χ2v) is 13.7. The van der Waals surface area contributed by atoms with Crippen LogP contribution in [0.25, 0.3) is 32.1 Å². The van der Waals surface area contributed by atoms with Gasteiger partial charge in [0.2, 0.25) is 0 Å². The molecule has 7 rings (SSSR count). The van der Waals surface area contributed by atoms with Crippen LogP contribution in [0.15, 0.2) is 18.2 Å². The number of nitrogens with two attached hydrogens (primary N) is 1. The Balaban J connectivity index is 1.46. The highest BCUT2D eigenvalue weighted by molar-refractivity contribution is 7.23. The lowest BCUT2D eigenvalue weighted by atomic mass is 9.92. The number of nitrogen functional groups attached to an aromatic ring is 1. The Hall–Kier alpha value is -3.87. The molecule has 3 aliphatic heterocycles. The van der Waals surface area contributed by atoms with Crippen LogP contribution in [0.3, 0.4) is 0 Å². The summed E-state index contributed by atoms with van der Waals surface area (Å²) in [5.41, 5.74) is 2.11. The van der Waals surface area contributed by atoms with Gasteiger partial charge in [-0.05, 0) is 57.0 Å². The van der Waals surface area contributed by atoms with Gasteiger partial charge in [-0.15, -0.1) is 11.3 Å². The van der Waals surface area contributed by atoms with Gasteiger partial charge in [0.15, 0.2) is 5.82 Å². The summed E-state index contributed by atoms with van der Waals surface area (Å²) in [6.07, 6.45) is -3.62. The average Bonchev–Trinajstić information content (AvgIpc) is 3.77. The van der Waals surface area contributed by atoms with Crippen LogP contribution in [0.4, 0.5) is 37.2 Å². The van der Waals surface area contributed by atoms with E-state index in [2.05, 4.69) is 15.3 Å². The van der Waals surface area contributed by atoms with Gasteiger partial charge in [0.1, 0.15) is 41.0 Å². The van der Waals surface area contributed by atoms with Crippen LogP contribution in [0, 0.1) is 23.0 Å². The lowest BCUT2D eigenvalue weighted by Gasteiger charge is -2.32. The quantitative estimate of drug-likeness (QED) is 0.226. The van der Waals surface area contributed by atoms with E-state index in [0.29, 0.717) is 37.3 Å². The zero-order valence-electron chi connectivity index (χ0n) is 25.5. The van der Waals surface area contributed by atoms with Crippen LogP contribution in [-0.4, -0.2) is 72.0 Å². The Bertz CT molecular complexity index is 1940. The fourth-order valence-electron chi connectivity index (χ4n) is 7.70. The van der Waals surface area contributed by atoms with Crippen LogP contribution in [0.1, 0.15) is 43.7 Å². The molecule has 2 aromatic carbocycles. The number of hydrogen-bond donors (Lipinski definition) is 2. The molecule has 0 bridgehead atoms. The highest BCUT2D eigenvalue weighted by Gasteiger charge is 2.49. The number of nitrogens with zero attached hydrogens (tertiary/aromatic N) is 5. The van der Waals surface area contributed by atoms with E-state index in [1.165, 1.54) is 0 Å². The minimum atomic E-state index is -5.07. The summed E-state index contributed by atoms with van der Waals surface area (Å²) in [5.74, 6) is -2.10. The van der Waals surface area contributed by atoms with E-state index >= 15 is 4.39 Å². The Labute approximate surface area is 270 Å². The molecule has 5 heterocycles. The van der Waals surface area contributed by atoms with E-state index in [1.807, 2.05) is 17.9 Å². The summed E-state index contributed by atoms with van der Waals surface area (Å²) >= 11 is 0.698. The minimum absolute atomic E-state index is 0.0247. The second-order valence-electron chi connectivity index (χ2n) is 12.7. The second kappa shape index (κ2) is 11.4. The molecule has 3 saturated heterocycles. The van der Waals surface area contributed by atoms with Crippen molar-refractivity contribution in [1.82, 2.24) is 20.2 Å². The number of fused-ring (bicyclic) bond motifs is 3. The third-order valence-electron chi connectivity index (χ3n) is 9.94.